The van der Waals surface area contributed by atoms with Crippen LogP contribution in [0.25, 0.3) is 0 Å². The van der Waals surface area contributed by atoms with Crippen LogP contribution < -0.4 is 5.32 Å². The van der Waals surface area contributed by atoms with E-state index in [9.17, 15) is 4.79 Å². The Morgan fingerprint density at radius 2 is 2.17 bits per heavy atom. The molecule has 3 rings (SSSR count). The number of pyridine rings is 1. The first-order chi connectivity index (χ1) is 11.2. The lowest BCUT2D eigenvalue weighted by Gasteiger charge is -2.15. The number of hydrogen-bond acceptors (Lipinski definition) is 4. The van der Waals surface area contributed by atoms with Crippen molar-refractivity contribution in [1.82, 2.24) is 19.7 Å². The lowest BCUT2D eigenvalue weighted by molar-refractivity contribution is 0.0793. The number of nitrogens with one attached hydrogen (secondary N) is 1. The number of hydrogen-bond donors (Lipinski definition) is 1. The van der Waals surface area contributed by atoms with E-state index in [1.54, 1.807) is 24.7 Å². The number of aromatic nitrogens is 3. The third kappa shape index (κ3) is 4.22. The van der Waals surface area contributed by atoms with Crippen molar-refractivity contribution < 1.29 is 4.79 Å². The van der Waals surface area contributed by atoms with E-state index in [0.717, 1.165) is 51.3 Å². The van der Waals surface area contributed by atoms with E-state index in [2.05, 4.69) is 15.4 Å². The van der Waals surface area contributed by atoms with Crippen molar-refractivity contribution in [2.45, 2.75) is 25.8 Å². The number of halogens is 1. The van der Waals surface area contributed by atoms with Crippen LogP contribution in [-0.4, -0.2) is 45.2 Å². The Bertz CT molecular complexity index is 666. The second kappa shape index (κ2) is 7.46. The molecule has 0 bridgehead atoms. The first kappa shape index (κ1) is 15.8. The Kier molecular flexibility index (Phi) is 5.12. The van der Waals surface area contributed by atoms with Gasteiger partial charge >= 0.3 is 0 Å². The first-order valence-electron chi connectivity index (χ1n) is 7.89. The van der Waals surface area contributed by atoms with Crippen LogP contribution in [0.5, 0.6) is 0 Å². The summed E-state index contributed by atoms with van der Waals surface area (Å²) in [6, 6.07) is 3.60. The molecule has 23 heavy (non-hydrogen) atoms. The second-order valence-electron chi connectivity index (χ2n) is 5.63. The summed E-state index contributed by atoms with van der Waals surface area (Å²) in [4.78, 5) is 18.5. The standard InChI is InChI=1S/C16H20ClN5O/c17-14-11-20-22(12-14)9-3-5-18-15-10-13(4-6-19-15)16(23)21-7-1-2-8-21/h4,6,10-12H,1-3,5,7-9H2,(H,18,19). The molecule has 1 saturated heterocycles. The van der Waals surface area contributed by atoms with E-state index in [1.807, 2.05) is 15.6 Å². The maximum Gasteiger partial charge on any atom is 0.254 e. The molecule has 1 aliphatic rings. The normalized spacial score (nSPS) is 14.2. The molecule has 1 amide bonds. The highest BCUT2D eigenvalue weighted by Gasteiger charge is 2.19. The lowest BCUT2D eigenvalue weighted by atomic mass is 10.2. The van der Waals surface area contributed by atoms with Gasteiger partial charge in [-0.15, -0.1) is 0 Å². The minimum atomic E-state index is 0.0964. The molecular weight excluding hydrogens is 314 g/mol. The Labute approximate surface area is 140 Å². The van der Waals surface area contributed by atoms with Crippen LogP contribution in [0.1, 0.15) is 29.6 Å². The van der Waals surface area contributed by atoms with E-state index in [0.29, 0.717) is 10.6 Å². The molecule has 0 spiro atoms. The van der Waals surface area contributed by atoms with Gasteiger partial charge in [-0.3, -0.25) is 9.48 Å². The van der Waals surface area contributed by atoms with Crippen molar-refractivity contribution in [3.05, 3.63) is 41.3 Å². The summed E-state index contributed by atoms with van der Waals surface area (Å²) < 4.78 is 1.81. The van der Waals surface area contributed by atoms with Crippen LogP contribution in [0.2, 0.25) is 5.02 Å². The van der Waals surface area contributed by atoms with Crippen LogP contribution >= 0.6 is 11.6 Å². The minimum Gasteiger partial charge on any atom is -0.370 e. The number of carbonyl (C=O) groups is 1. The largest absolute Gasteiger partial charge is 0.370 e. The highest BCUT2D eigenvalue weighted by atomic mass is 35.5. The van der Waals surface area contributed by atoms with E-state index in [1.165, 1.54) is 0 Å². The molecule has 0 radical (unpaired) electrons. The van der Waals surface area contributed by atoms with Crippen molar-refractivity contribution in [1.29, 1.82) is 0 Å². The molecule has 7 heteroatoms. The maximum absolute atomic E-state index is 12.4. The molecule has 0 saturated carbocycles. The fourth-order valence-electron chi connectivity index (χ4n) is 2.68. The molecule has 0 aliphatic carbocycles. The summed E-state index contributed by atoms with van der Waals surface area (Å²) in [5, 5.41) is 8.03. The fourth-order valence-corrected chi connectivity index (χ4v) is 2.84. The number of amides is 1. The van der Waals surface area contributed by atoms with Crippen molar-refractivity contribution in [3.8, 4) is 0 Å². The number of nitrogens with zero attached hydrogens (tertiary/aromatic N) is 4. The van der Waals surface area contributed by atoms with Crippen LogP contribution in [-0.2, 0) is 6.54 Å². The third-order valence-corrected chi connectivity index (χ3v) is 4.07. The van der Waals surface area contributed by atoms with Gasteiger partial charge in [-0.1, -0.05) is 11.6 Å². The van der Waals surface area contributed by atoms with Crippen molar-refractivity contribution >= 4 is 23.3 Å². The Morgan fingerprint density at radius 3 is 2.91 bits per heavy atom. The van der Waals surface area contributed by atoms with Gasteiger partial charge in [0.15, 0.2) is 0 Å². The van der Waals surface area contributed by atoms with Crippen molar-refractivity contribution in [3.63, 3.8) is 0 Å². The average Bonchev–Trinajstić information content (AvgIpc) is 3.23. The van der Waals surface area contributed by atoms with Gasteiger partial charge in [-0.2, -0.15) is 5.10 Å². The molecule has 1 fully saturated rings. The molecule has 3 heterocycles. The molecule has 1 N–H and O–H groups in total. The smallest absolute Gasteiger partial charge is 0.254 e. The summed E-state index contributed by atoms with van der Waals surface area (Å²) in [5.41, 5.74) is 0.697. The van der Waals surface area contributed by atoms with Gasteiger partial charge in [0, 0.05) is 44.1 Å². The SMILES string of the molecule is O=C(c1ccnc(NCCCn2cc(Cl)cn2)c1)N1CCCC1. The number of anilines is 1. The lowest BCUT2D eigenvalue weighted by Crippen LogP contribution is -2.27. The van der Waals surface area contributed by atoms with Gasteiger partial charge in [-0.05, 0) is 31.4 Å². The predicted molar refractivity (Wildman–Crippen MR) is 89.7 cm³/mol. The van der Waals surface area contributed by atoms with Gasteiger partial charge < -0.3 is 10.2 Å². The van der Waals surface area contributed by atoms with E-state index in [4.69, 9.17) is 11.6 Å². The van der Waals surface area contributed by atoms with Gasteiger partial charge in [0.2, 0.25) is 0 Å². The molecule has 0 unspecified atom stereocenters. The highest BCUT2D eigenvalue weighted by molar-refractivity contribution is 6.30. The maximum atomic E-state index is 12.4. The zero-order valence-electron chi connectivity index (χ0n) is 12.9. The quantitative estimate of drug-likeness (QED) is 0.825. The Hall–Kier alpha value is -2.08. The zero-order chi connectivity index (χ0) is 16.1. The summed E-state index contributed by atoms with van der Waals surface area (Å²) in [6.07, 6.45) is 8.20. The molecule has 122 valence electrons. The number of likely N-dealkylation sites (tertiary alicyclic amines) is 1. The molecule has 0 aromatic carbocycles. The molecule has 2 aromatic heterocycles. The number of aryl methyl sites for hydroxylation is 1. The van der Waals surface area contributed by atoms with Crippen molar-refractivity contribution in [2.75, 3.05) is 25.0 Å². The average molecular weight is 334 g/mol. The molecule has 2 aromatic rings. The van der Waals surface area contributed by atoms with Crippen LogP contribution in [0, 0.1) is 0 Å². The molecule has 0 atom stereocenters. The van der Waals surface area contributed by atoms with Gasteiger partial charge in [0.05, 0.1) is 11.2 Å². The predicted octanol–water partition coefficient (Wildman–Crippen LogP) is 2.67. The minimum absolute atomic E-state index is 0.0964. The fraction of sp³-hybridized carbons (Fsp3) is 0.438. The molecular formula is C16H20ClN5O. The van der Waals surface area contributed by atoms with E-state index >= 15 is 0 Å². The van der Waals surface area contributed by atoms with Crippen LogP contribution in [0.15, 0.2) is 30.7 Å². The van der Waals surface area contributed by atoms with Gasteiger partial charge in [-0.25, -0.2) is 4.98 Å². The second-order valence-corrected chi connectivity index (χ2v) is 6.07. The number of rotatable bonds is 6. The highest BCUT2D eigenvalue weighted by Crippen LogP contribution is 2.14. The summed E-state index contributed by atoms with van der Waals surface area (Å²) in [6.45, 7) is 3.25. The summed E-state index contributed by atoms with van der Waals surface area (Å²) >= 11 is 5.83. The topological polar surface area (TPSA) is 63.1 Å². The molecule has 6 nitrogen and oxygen atoms in total. The first-order valence-corrected chi connectivity index (χ1v) is 8.27. The summed E-state index contributed by atoms with van der Waals surface area (Å²) in [7, 11) is 0. The Balaban J connectivity index is 1.50. The summed E-state index contributed by atoms with van der Waals surface area (Å²) in [5.74, 6) is 0.827. The zero-order valence-corrected chi connectivity index (χ0v) is 13.7. The number of carbonyl (C=O) groups excluding carboxylic acids is 1. The molecule has 1 aliphatic heterocycles. The Morgan fingerprint density at radius 1 is 1.35 bits per heavy atom. The van der Waals surface area contributed by atoms with Gasteiger partial charge in [0.25, 0.3) is 5.91 Å². The van der Waals surface area contributed by atoms with E-state index in [-0.39, 0.29) is 5.91 Å². The monoisotopic (exact) mass is 333 g/mol. The van der Waals surface area contributed by atoms with Crippen LogP contribution in [0.4, 0.5) is 5.82 Å². The van der Waals surface area contributed by atoms with Crippen molar-refractivity contribution in [2.24, 2.45) is 0 Å². The van der Waals surface area contributed by atoms with E-state index < -0.39 is 0 Å². The van der Waals surface area contributed by atoms with Crippen LogP contribution in [0.3, 0.4) is 0 Å². The third-order valence-electron chi connectivity index (χ3n) is 3.87. The van der Waals surface area contributed by atoms with Gasteiger partial charge in [0.1, 0.15) is 5.82 Å².